The van der Waals surface area contributed by atoms with Crippen LogP contribution < -0.4 is 11.3 Å². The lowest BCUT2D eigenvalue weighted by molar-refractivity contribution is 0.0659. The Kier molecular flexibility index (Phi) is 8.63. The molecule has 206 valence electrons. The van der Waals surface area contributed by atoms with E-state index in [2.05, 4.69) is 4.37 Å². The molecule has 0 radical (unpaired) electrons. The third kappa shape index (κ3) is 6.10. The van der Waals surface area contributed by atoms with Crippen molar-refractivity contribution in [2.24, 2.45) is 5.73 Å². The van der Waals surface area contributed by atoms with Crippen LogP contribution >= 0.6 is 11.5 Å². The fourth-order valence-electron chi connectivity index (χ4n) is 4.56. The van der Waals surface area contributed by atoms with E-state index in [0.717, 1.165) is 28.9 Å². The number of rotatable bonds is 10. The Bertz CT molecular complexity index is 1630. The molecule has 0 aliphatic heterocycles. The number of benzene rings is 2. The summed E-state index contributed by atoms with van der Waals surface area (Å²) in [6, 6.07) is 15.4. The molecule has 2 unspecified atom stereocenters. The summed E-state index contributed by atoms with van der Waals surface area (Å²) in [5, 5.41) is -0.672. The summed E-state index contributed by atoms with van der Waals surface area (Å²) in [6.07, 6.45) is 1.58. The van der Waals surface area contributed by atoms with Crippen LogP contribution in [0.5, 0.6) is 0 Å². The van der Waals surface area contributed by atoms with E-state index < -0.39 is 21.1 Å². The van der Waals surface area contributed by atoms with E-state index in [1.807, 2.05) is 49.4 Å². The standard InChI is InChI=1S/C28H33N5O4S2/c1-18-11-13-22(14-12-18)27(34)32(16-8-15-29)24(20(3)39(4,36)37)25-30-26-23(19(2)31-38-26)28(35)33(25)17-21-9-6-5-7-10-21/h5-7,9-14,20,24H,8,15-17,29H2,1-4H3. The Balaban J connectivity index is 2.00. The molecule has 0 saturated heterocycles. The Morgan fingerprint density at radius 1 is 1.10 bits per heavy atom. The highest BCUT2D eigenvalue weighted by Gasteiger charge is 2.39. The van der Waals surface area contributed by atoms with Gasteiger partial charge < -0.3 is 10.6 Å². The third-order valence-corrected chi connectivity index (χ3v) is 9.30. The molecule has 0 aliphatic carbocycles. The number of fused-ring (bicyclic) bond motifs is 1. The smallest absolute Gasteiger partial charge is 0.264 e. The van der Waals surface area contributed by atoms with E-state index >= 15 is 0 Å². The highest BCUT2D eigenvalue weighted by molar-refractivity contribution is 7.91. The summed E-state index contributed by atoms with van der Waals surface area (Å²) in [5.41, 5.74) is 8.32. The van der Waals surface area contributed by atoms with Gasteiger partial charge in [-0.15, -0.1) is 0 Å². The zero-order valence-electron chi connectivity index (χ0n) is 22.5. The van der Waals surface area contributed by atoms with Crippen molar-refractivity contribution in [3.05, 3.63) is 93.2 Å². The van der Waals surface area contributed by atoms with E-state index in [1.165, 1.54) is 9.47 Å². The van der Waals surface area contributed by atoms with E-state index in [-0.39, 0.29) is 30.4 Å². The van der Waals surface area contributed by atoms with Crippen LogP contribution in [0.4, 0.5) is 0 Å². The average molecular weight is 568 g/mol. The number of carbonyl (C=O) groups excluding carboxylic acids is 1. The zero-order valence-corrected chi connectivity index (χ0v) is 24.1. The molecule has 2 aromatic carbocycles. The van der Waals surface area contributed by atoms with Crippen molar-refractivity contribution < 1.29 is 13.2 Å². The molecule has 39 heavy (non-hydrogen) atoms. The molecule has 0 spiro atoms. The number of aromatic nitrogens is 3. The molecule has 2 aromatic heterocycles. The first-order valence-electron chi connectivity index (χ1n) is 12.7. The van der Waals surface area contributed by atoms with Crippen LogP contribution in [-0.4, -0.2) is 57.7 Å². The quantitative estimate of drug-likeness (QED) is 0.311. The lowest BCUT2D eigenvalue weighted by Gasteiger charge is -2.36. The maximum atomic E-state index is 14.0. The van der Waals surface area contributed by atoms with Gasteiger partial charge in [-0.05, 0) is 63.0 Å². The maximum Gasteiger partial charge on any atom is 0.264 e. The van der Waals surface area contributed by atoms with Gasteiger partial charge in [-0.3, -0.25) is 14.2 Å². The van der Waals surface area contributed by atoms with Gasteiger partial charge in [-0.1, -0.05) is 48.0 Å². The first-order valence-corrected chi connectivity index (χ1v) is 15.4. The van der Waals surface area contributed by atoms with Crippen molar-refractivity contribution in [2.75, 3.05) is 19.3 Å². The van der Waals surface area contributed by atoms with E-state index in [1.54, 1.807) is 26.0 Å². The van der Waals surface area contributed by atoms with Gasteiger partial charge >= 0.3 is 0 Å². The van der Waals surface area contributed by atoms with Gasteiger partial charge in [0.05, 0.1) is 22.9 Å². The summed E-state index contributed by atoms with van der Waals surface area (Å²) in [7, 11) is -3.69. The topological polar surface area (TPSA) is 128 Å². The lowest BCUT2D eigenvalue weighted by Crippen LogP contribution is -2.46. The summed E-state index contributed by atoms with van der Waals surface area (Å²) >= 11 is 1.08. The first-order chi connectivity index (χ1) is 18.5. The van der Waals surface area contributed by atoms with Crippen LogP contribution in [-0.2, 0) is 16.4 Å². The van der Waals surface area contributed by atoms with Crippen LogP contribution in [0.25, 0.3) is 10.2 Å². The van der Waals surface area contributed by atoms with Crippen molar-refractivity contribution in [2.45, 2.75) is 45.0 Å². The fraction of sp³-hybridized carbons (Fsp3) is 0.357. The number of hydrogen-bond donors (Lipinski definition) is 1. The second kappa shape index (κ2) is 11.8. The molecule has 4 aromatic rings. The number of nitrogens with zero attached hydrogens (tertiary/aromatic N) is 4. The fourth-order valence-corrected chi connectivity index (χ4v) is 6.07. The van der Waals surface area contributed by atoms with Crippen LogP contribution in [0, 0.1) is 13.8 Å². The molecule has 9 nitrogen and oxygen atoms in total. The van der Waals surface area contributed by atoms with Crippen LogP contribution in [0.2, 0.25) is 0 Å². The summed E-state index contributed by atoms with van der Waals surface area (Å²) in [4.78, 5) is 34.7. The monoisotopic (exact) mass is 567 g/mol. The summed E-state index contributed by atoms with van der Waals surface area (Å²) in [6.45, 7) is 5.87. The van der Waals surface area contributed by atoms with E-state index in [9.17, 15) is 18.0 Å². The number of carbonyl (C=O) groups is 1. The van der Waals surface area contributed by atoms with Gasteiger partial charge in [0, 0.05) is 18.4 Å². The van der Waals surface area contributed by atoms with Gasteiger partial charge in [0.1, 0.15) is 11.9 Å². The van der Waals surface area contributed by atoms with Gasteiger partial charge in [-0.25, -0.2) is 13.4 Å². The second-order valence-corrected chi connectivity index (χ2v) is 12.9. The predicted octanol–water partition coefficient (Wildman–Crippen LogP) is 3.48. The minimum Gasteiger partial charge on any atom is -0.330 e. The van der Waals surface area contributed by atoms with Crippen LogP contribution in [0.15, 0.2) is 59.4 Å². The Labute approximate surface area is 232 Å². The Morgan fingerprint density at radius 2 is 1.77 bits per heavy atom. The van der Waals surface area contributed by atoms with Crippen molar-refractivity contribution in [1.29, 1.82) is 0 Å². The number of amides is 1. The summed E-state index contributed by atoms with van der Waals surface area (Å²) < 4.78 is 31.9. The van der Waals surface area contributed by atoms with Gasteiger partial charge in [-0.2, -0.15) is 4.37 Å². The van der Waals surface area contributed by atoms with Gasteiger partial charge in [0.25, 0.3) is 11.5 Å². The predicted molar refractivity (Wildman–Crippen MR) is 155 cm³/mol. The minimum absolute atomic E-state index is 0.156. The second-order valence-electron chi connectivity index (χ2n) is 9.78. The Morgan fingerprint density at radius 3 is 2.38 bits per heavy atom. The molecule has 0 bridgehead atoms. The number of aryl methyl sites for hydroxylation is 2. The van der Waals surface area contributed by atoms with Crippen molar-refractivity contribution in [3.63, 3.8) is 0 Å². The highest BCUT2D eigenvalue weighted by atomic mass is 32.2. The average Bonchev–Trinajstić information content (AvgIpc) is 3.28. The molecule has 2 heterocycles. The van der Waals surface area contributed by atoms with Crippen molar-refractivity contribution in [1.82, 2.24) is 18.8 Å². The maximum absolute atomic E-state index is 14.0. The highest BCUT2D eigenvalue weighted by Crippen LogP contribution is 2.31. The number of hydrogen-bond acceptors (Lipinski definition) is 8. The molecule has 0 aliphatic rings. The molecule has 0 fully saturated rings. The normalized spacial score (nSPS) is 13.4. The van der Waals surface area contributed by atoms with Gasteiger partial charge in [0.15, 0.2) is 14.7 Å². The molecule has 2 N–H and O–H groups in total. The van der Waals surface area contributed by atoms with Crippen molar-refractivity contribution in [3.8, 4) is 0 Å². The molecule has 0 saturated carbocycles. The minimum atomic E-state index is -3.69. The molecule has 1 amide bonds. The summed E-state index contributed by atoms with van der Waals surface area (Å²) in [5.74, 6) is -0.152. The zero-order chi connectivity index (χ0) is 28.3. The first kappa shape index (κ1) is 28.6. The largest absolute Gasteiger partial charge is 0.330 e. The van der Waals surface area contributed by atoms with Crippen LogP contribution in [0.3, 0.4) is 0 Å². The molecule has 4 rings (SSSR count). The van der Waals surface area contributed by atoms with Gasteiger partial charge in [0.2, 0.25) is 0 Å². The van der Waals surface area contributed by atoms with Crippen LogP contribution in [0.1, 0.15) is 52.4 Å². The lowest BCUT2D eigenvalue weighted by atomic mass is 10.1. The third-order valence-electron chi connectivity index (χ3n) is 6.86. The molecule has 11 heteroatoms. The molecular weight excluding hydrogens is 534 g/mol. The molecule has 2 atom stereocenters. The van der Waals surface area contributed by atoms with E-state index in [0.29, 0.717) is 34.4 Å². The van der Waals surface area contributed by atoms with E-state index in [4.69, 9.17) is 10.7 Å². The number of nitrogens with two attached hydrogens (primary N) is 1. The number of sulfone groups is 1. The molecular formula is C28H33N5O4S2. The van der Waals surface area contributed by atoms with Crippen molar-refractivity contribution >= 4 is 37.5 Å². The SMILES string of the molecule is Cc1ccc(C(=O)N(CCCN)C(c2nc3snc(C)c3c(=O)n2Cc2ccccc2)C(C)S(C)(=O)=O)cc1. The Hall–Kier alpha value is -3.41.